The molecule has 2 N–H and O–H groups in total. The van der Waals surface area contributed by atoms with Gasteiger partial charge in [-0.05, 0) is 25.0 Å². The molecule has 92 valence electrons. The van der Waals surface area contributed by atoms with Crippen LogP contribution < -0.4 is 4.74 Å². The van der Waals surface area contributed by atoms with Crippen LogP contribution in [-0.4, -0.2) is 33.4 Å². The van der Waals surface area contributed by atoms with Crippen LogP contribution >= 0.6 is 0 Å². The molecule has 0 bridgehead atoms. The summed E-state index contributed by atoms with van der Waals surface area (Å²) in [7, 11) is 0. The van der Waals surface area contributed by atoms with E-state index in [1.165, 1.54) is 12.3 Å². The van der Waals surface area contributed by atoms with Gasteiger partial charge >= 0.3 is 5.97 Å². The van der Waals surface area contributed by atoms with Crippen molar-refractivity contribution in [3.63, 3.8) is 0 Å². The molecule has 1 saturated carbocycles. The van der Waals surface area contributed by atoms with Crippen LogP contribution in [0.1, 0.15) is 36.2 Å². The molecule has 1 aromatic heterocycles. The van der Waals surface area contributed by atoms with Crippen LogP contribution in [0.25, 0.3) is 0 Å². The predicted molar refractivity (Wildman–Crippen MR) is 60.1 cm³/mol. The van der Waals surface area contributed by atoms with Crippen molar-refractivity contribution >= 4 is 5.97 Å². The van der Waals surface area contributed by atoms with Crippen LogP contribution in [-0.2, 0) is 0 Å². The number of aliphatic hydroxyl groups is 1. The topological polar surface area (TPSA) is 79.7 Å². The van der Waals surface area contributed by atoms with E-state index in [1.807, 2.05) is 0 Å². The standard InChI is InChI=1S/C12H15NO4/c14-11(15)10-4-3-9(7-13-10)17-8-12(16)5-1-2-6-12/h3-4,7,16H,1-2,5-6,8H2,(H,14,15). The number of pyridine rings is 1. The first-order chi connectivity index (χ1) is 8.09. The van der Waals surface area contributed by atoms with Crippen molar-refractivity contribution < 1.29 is 19.7 Å². The number of hydrogen-bond donors (Lipinski definition) is 2. The van der Waals surface area contributed by atoms with E-state index in [0.29, 0.717) is 5.75 Å². The van der Waals surface area contributed by atoms with Gasteiger partial charge in [0.2, 0.25) is 0 Å². The van der Waals surface area contributed by atoms with E-state index >= 15 is 0 Å². The zero-order valence-electron chi connectivity index (χ0n) is 9.43. The van der Waals surface area contributed by atoms with Gasteiger partial charge in [-0.25, -0.2) is 9.78 Å². The Kier molecular flexibility index (Phi) is 3.28. The van der Waals surface area contributed by atoms with Crippen LogP contribution in [0.4, 0.5) is 0 Å². The Hall–Kier alpha value is -1.62. The highest BCUT2D eigenvalue weighted by molar-refractivity contribution is 5.85. The Morgan fingerprint density at radius 2 is 2.12 bits per heavy atom. The van der Waals surface area contributed by atoms with E-state index in [2.05, 4.69) is 4.98 Å². The van der Waals surface area contributed by atoms with Crippen LogP contribution in [0.2, 0.25) is 0 Å². The number of ether oxygens (including phenoxy) is 1. The fourth-order valence-corrected chi connectivity index (χ4v) is 1.99. The van der Waals surface area contributed by atoms with Gasteiger partial charge in [-0.2, -0.15) is 0 Å². The van der Waals surface area contributed by atoms with Gasteiger partial charge in [0, 0.05) is 0 Å². The van der Waals surface area contributed by atoms with Gasteiger partial charge in [0.1, 0.15) is 18.1 Å². The first kappa shape index (κ1) is 11.9. The largest absolute Gasteiger partial charge is 0.489 e. The molecule has 5 heteroatoms. The molecule has 0 saturated heterocycles. The summed E-state index contributed by atoms with van der Waals surface area (Å²) in [4.78, 5) is 14.3. The fourth-order valence-electron chi connectivity index (χ4n) is 1.99. The average Bonchev–Trinajstić information content (AvgIpc) is 2.75. The van der Waals surface area contributed by atoms with Crippen LogP contribution in [0.15, 0.2) is 18.3 Å². The molecule has 1 heterocycles. The lowest BCUT2D eigenvalue weighted by molar-refractivity contribution is 0.00128. The number of carbonyl (C=O) groups is 1. The van der Waals surface area contributed by atoms with Crippen molar-refractivity contribution in [2.45, 2.75) is 31.3 Å². The molecule has 0 aromatic carbocycles. The van der Waals surface area contributed by atoms with E-state index in [-0.39, 0.29) is 12.3 Å². The van der Waals surface area contributed by atoms with Crippen molar-refractivity contribution in [2.24, 2.45) is 0 Å². The summed E-state index contributed by atoms with van der Waals surface area (Å²) in [6.45, 7) is 0.237. The second kappa shape index (κ2) is 4.71. The van der Waals surface area contributed by atoms with Gasteiger partial charge in [0.15, 0.2) is 0 Å². The van der Waals surface area contributed by atoms with Gasteiger partial charge in [-0.3, -0.25) is 0 Å². The number of rotatable bonds is 4. The number of carboxylic acid groups (broad SMARTS) is 1. The lowest BCUT2D eigenvalue weighted by atomic mass is 10.0. The molecule has 1 aromatic rings. The third-order valence-corrected chi connectivity index (χ3v) is 3.00. The fraction of sp³-hybridized carbons (Fsp3) is 0.500. The van der Waals surface area contributed by atoms with E-state index in [0.717, 1.165) is 25.7 Å². The molecule has 2 rings (SSSR count). The summed E-state index contributed by atoms with van der Waals surface area (Å²) >= 11 is 0. The number of aromatic carboxylic acids is 1. The highest BCUT2D eigenvalue weighted by Gasteiger charge is 2.31. The van der Waals surface area contributed by atoms with Gasteiger partial charge in [-0.1, -0.05) is 12.8 Å². The zero-order chi connectivity index (χ0) is 12.3. The van der Waals surface area contributed by atoms with Crippen molar-refractivity contribution in [1.82, 2.24) is 4.98 Å². The monoisotopic (exact) mass is 237 g/mol. The van der Waals surface area contributed by atoms with Crippen LogP contribution in [0.3, 0.4) is 0 Å². The highest BCUT2D eigenvalue weighted by atomic mass is 16.5. The molecule has 1 aliphatic carbocycles. The molecular formula is C12H15NO4. The van der Waals surface area contributed by atoms with E-state index in [1.54, 1.807) is 6.07 Å². The second-order valence-corrected chi connectivity index (χ2v) is 4.40. The molecule has 17 heavy (non-hydrogen) atoms. The van der Waals surface area contributed by atoms with Crippen LogP contribution in [0, 0.1) is 0 Å². The van der Waals surface area contributed by atoms with Crippen molar-refractivity contribution in [3.8, 4) is 5.75 Å². The van der Waals surface area contributed by atoms with Gasteiger partial charge in [-0.15, -0.1) is 0 Å². The van der Waals surface area contributed by atoms with E-state index in [9.17, 15) is 9.90 Å². The Morgan fingerprint density at radius 3 is 2.65 bits per heavy atom. The molecule has 0 aliphatic heterocycles. The normalized spacial score (nSPS) is 17.9. The molecule has 0 radical (unpaired) electrons. The summed E-state index contributed by atoms with van der Waals surface area (Å²) in [5.41, 5.74) is -0.747. The van der Waals surface area contributed by atoms with Gasteiger partial charge < -0.3 is 14.9 Å². The Morgan fingerprint density at radius 1 is 1.41 bits per heavy atom. The average molecular weight is 237 g/mol. The zero-order valence-corrected chi connectivity index (χ0v) is 9.43. The molecule has 0 amide bonds. The number of aromatic nitrogens is 1. The minimum absolute atomic E-state index is 0.0167. The van der Waals surface area contributed by atoms with Crippen molar-refractivity contribution in [3.05, 3.63) is 24.0 Å². The van der Waals surface area contributed by atoms with E-state index in [4.69, 9.17) is 9.84 Å². The first-order valence-electron chi connectivity index (χ1n) is 5.64. The maximum absolute atomic E-state index is 10.6. The molecule has 0 unspecified atom stereocenters. The summed E-state index contributed by atoms with van der Waals surface area (Å²) in [5.74, 6) is -0.582. The quantitative estimate of drug-likeness (QED) is 0.828. The summed E-state index contributed by atoms with van der Waals surface area (Å²) in [6, 6.07) is 2.94. The molecule has 1 aliphatic rings. The maximum Gasteiger partial charge on any atom is 0.354 e. The molecule has 1 fully saturated rings. The number of hydrogen-bond acceptors (Lipinski definition) is 4. The Balaban J connectivity index is 1.93. The molecule has 0 spiro atoms. The SMILES string of the molecule is O=C(O)c1ccc(OCC2(O)CCCC2)cn1. The third-order valence-electron chi connectivity index (χ3n) is 3.00. The smallest absolute Gasteiger partial charge is 0.354 e. The predicted octanol–water partition coefficient (Wildman–Crippen LogP) is 1.46. The first-order valence-corrected chi connectivity index (χ1v) is 5.64. The Labute approximate surface area is 99.1 Å². The summed E-state index contributed by atoms with van der Waals surface area (Å²) < 4.78 is 5.42. The highest BCUT2D eigenvalue weighted by Crippen LogP contribution is 2.29. The van der Waals surface area contributed by atoms with Gasteiger partial charge in [0.25, 0.3) is 0 Å². The van der Waals surface area contributed by atoms with E-state index < -0.39 is 11.6 Å². The molecule has 5 nitrogen and oxygen atoms in total. The molecular weight excluding hydrogens is 222 g/mol. The number of carboxylic acids is 1. The number of nitrogens with zero attached hydrogens (tertiary/aromatic N) is 1. The Bertz CT molecular complexity index is 395. The lowest BCUT2D eigenvalue weighted by Gasteiger charge is -2.21. The van der Waals surface area contributed by atoms with Crippen LogP contribution in [0.5, 0.6) is 5.75 Å². The summed E-state index contributed by atoms with van der Waals surface area (Å²) in [5, 5.41) is 18.7. The lowest BCUT2D eigenvalue weighted by Crippen LogP contribution is -2.32. The minimum atomic E-state index is -1.06. The third kappa shape index (κ3) is 2.94. The second-order valence-electron chi connectivity index (χ2n) is 4.40. The van der Waals surface area contributed by atoms with Gasteiger partial charge in [0.05, 0.1) is 11.8 Å². The minimum Gasteiger partial charge on any atom is -0.489 e. The molecule has 0 atom stereocenters. The summed E-state index contributed by atoms with van der Waals surface area (Å²) in [6.07, 6.45) is 4.93. The maximum atomic E-state index is 10.6. The van der Waals surface area contributed by atoms with Crippen molar-refractivity contribution in [2.75, 3.05) is 6.61 Å². The van der Waals surface area contributed by atoms with Crippen molar-refractivity contribution in [1.29, 1.82) is 0 Å².